The average Bonchev–Trinajstić information content (AvgIpc) is 2.65. The minimum absolute atomic E-state index is 0.00828. The predicted molar refractivity (Wildman–Crippen MR) is 105 cm³/mol. The molecule has 3 aliphatic rings. The Bertz CT molecular complexity index is 548. The van der Waals surface area contributed by atoms with Gasteiger partial charge in [0.15, 0.2) is 0 Å². The fourth-order valence-corrected chi connectivity index (χ4v) is 5.35. The third kappa shape index (κ3) is 5.02. The van der Waals surface area contributed by atoms with Gasteiger partial charge < -0.3 is 9.84 Å². The lowest BCUT2D eigenvalue weighted by molar-refractivity contribution is -0.138. The first kappa shape index (κ1) is 19.3. The molecule has 3 unspecified atom stereocenters. The van der Waals surface area contributed by atoms with Gasteiger partial charge in [0.1, 0.15) is 5.76 Å². The summed E-state index contributed by atoms with van der Waals surface area (Å²) in [7, 11) is 0. The van der Waals surface area contributed by atoms with Crippen LogP contribution < -0.4 is 0 Å². The number of hydrogen-bond donors (Lipinski definition) is 1. The molecule has 0 saturated heterocycles. The third-order valence-electron chi connectivity index (χ3n) is 6.80. The quantitative estimate of drug-likeness (QED) is 0.578. The summed E-state index contributed by atoms with van der Waals surface area (Å²) < 4.78 is 6.13. The van der Waals surface area contributed by atoms with Gasteiger partial charge in [-0.25, -0.2) is 0 Å². The number of rotatable bonds is 7. The van der Waals surface area contributed by atoms with E-state index < -0.39 is 5.97 Å². The molecule has 0 aliphatic heterocycles. The number of carboxylic acid groups (broad SMARTS) is 1. The van der Waals surface area contributed by atoms with Crippen molar-refractivity contribution >= 4 is 5.97 Å². The second-order valence-corrected chi connectivity index (χ2v) is 8.70. The maximum atomic E-state index is 11.0. The molecule has 3 aliphatic carbocycles. The Morgan fingerprint density at radius 1 is 1.31 bits per heavy atom. The molecule has 3 heteroatoms. The van der Waals surface area contributed by atoms with E-state index in [4.69, 9.17) is 9.84 Å². The van der Waals surface area contributed by atoms with Crippen LogP contribution in [-0.4, -0.2) is 17.7 Å². The van der Waals surface area contributed by atoms with Crippen molar-refractivity contribution in [3.8, 4) is 0 Å². The average molecular weight is 359 g/mol. The molecule has 3 atom stereocenters. The van der Waals surface area contributed by atoms with Crippen molar-refractivity contribution in [2.45, 2.75) is 70.6 Å². The van der Waals surface area contributed by atoms with Crippen molar-refractivity contribution in [1.29, 1.82) is 0 Å². The monoisotopic (exact) mass is 358 g/mol. The van der Waals surface area contributed by atoms with E-state index in [1.54, 1.807) is 6.08 Å². The number of carboxylic acids is 1. The van der Waals surface area contributed by atoms with E-state index in [9.17, 15) is 4.79 Å². The van der Waals surface area contributed by atoms with Gasteiger partial charge in [-0.15, -0.1) is 6.58 Å². The molecular formula is C23H34O3. The summed E-state index contributed by atoms with van der Waals surface area (Å²) in [6.45, 7) is 4.63. The summed E-state index contributed by atoms with van der Waals surface area (Å²) in [5.41, 5.74) is 0.625. The minimum atomic E-state index is -0.761. The number of aliphatic carboxylic acids is 1. The highest BCUT2D eigenvalue weighted by molar-refractivity contribution is 5.67. The molecule has 2 saturated carbocycles. The third-order valence-corrected chi connectivity index (χ3v) is 6.80. The van der Waals surface area contributed by atoms with Crippen LogP contribution in [-0.2, 0) is 9.53 Å². The molecule has 0 aromatic heterocycles. The zero-order valence-corrected chi connectivity index (χ0v) is 16.0. The molecular weight excluding hydrogens is 324 g/mol. The van der Waals surface area contributed by atoms with Gasteiger partial charge >= 0.3 is 5.97 Å². The Kier molecular flexibility index (Phi) is 6.61. The maximum Gasteiger partial charge on any atom is 0.303 e. The molecule has 3 rings (SSSR count). The van der Waals surface area contributed by atoms with Crippen molar-refractivity contribution < 1.29 is 14.6 Å². The van der Waals surface area contributed by atoms with Crippen LogP contribution in [0.25, 0.3) is 0 Å². The van der Waals surface area contributed by atoms with Gasteiger partial charge in [0.25, 0.3) is 0 Å². The highest BCUT2D eigenvalue weighted by Crippen LogP contribution is 2.49. The number of hydrogen-bond acceptors (Lipinski definition) is 2. The highest BCUT2D eigenvalue weighted by atomic mass is 16.5. The van der Waals surface area contributed by atoms with E-state index in [2.05, 4.69) is 18.7 Å². The topological polar surface area (TPSA) is 46.5 Å². The molecule has 144 valence electrons. The lowest BCUT2D eigenvalue weighted by atomic mass is 9.63. The van der Waals surface area contributed by atoms with Crippen LogP contribution in [0.4, 0.5) is 0 Å². The smallest absolute Gasteiger partial charge is 0.303 e. The fraction of sp³-hybridized carbons (Fsp3) is 0.696. The van der Waals surface area contributed by atoms with Crippen LogP contribution >= 0.6 is 0 Å². The van der Waals surface area contributed by atoms with Crippen LogP contribution in [0.1, 0.15) is 70.6 Å². The number of carbonyl (C=O) groups is 1. The van der Waals surface area contributed by atoms with Crippen molar-refractivity contribution in [3.05, 3.63) is 36.6 Å². The van der Waals surface area contributed by atoms with Crippen molar-refractivity contribution in [2.75, 3.05) is 6.61 Å². The van der Waals surface area contributed by atoms with Crippen molar-refractivity contribution in [3.63, 3.8) is 0 Å². The zero-order valence-electron chi connectivity index (χ0n) is 16.0. The number of ether oxygens (including phenoxy) is 1. The first-order chi connectivity index (χ1) is 12.6. The molecule has 3 nitrogen and oxygen atoms in total. The Morgan fingerprint density at radius 3 is 2.73 bits per heavy atom. The summed E-state index contributed by atoms with van der Waals surface area (Å²) in [5, 5.41) is 9.02. The molecule has 0 heterocycles. The summed E-state index contributed by atoms with van der Waals surface area (Å²) in [4.78, 5) is 11.0. The van der Waals surface area contributed by atoms with E-state index in [-0.39, 0.29) is 18.3 Å². The van der Waals surface area contributed by atoms with Gasteiger partial charge in [0.2, 0.25) is 0 Å². The Hall–Kier alpha value is -1.51. The molecule has 1 N–H and O–H groups in total. The Morgan fingerprint density at radius 2 is 2.08 bits per heavy atom. The van der Waals surface area contributed by atoms with Crippen LogP contribution in [0, 0.1) is 23.2 Å². The Balaban J connectivity index is 1.46. The van der Waals surface area contributed by atoms with Gasteiger partial charge in [-0.05, 0) is 73.8 Å². The molecule has 26 heavy (non-hydrogen) atoms. The summed E-state index contributed by atoms with van der Waals surface area (Å²) in [6.07, 6.45) is 21.6. The fourth-order valence-electron chi connectivity index (χ4n) is 5.35. The lowest BCUT2D eigenvalue weighted by Crippen LogP contribution is -2.32. The predicted octanol–water partition coefficient (Wildman–Crippen LogP) is 5.88. The molecule has 0 aromatic rings. The Labute approximate surface area is 158 Å². The van der Waals surface area contributed by atoms with Crippen LogP contribution in [0.15, 0.2) is 36.6 Å². The zero-order chi connectivity index (χ0) is 18.4. The van der Waals surface area contributed by atoms with Gasteiger partial charge in [0.05, 0.1) is 13.0 Å². The van der Waals surface area contributed by atoms with Gasteiger partial charge in [0, 0.05) is 0 Å². The van der Waals surface area contributed by atoms with Gasteiger partial charge in [-0.1, -0.05) is 37.8 Å². The van der Waals surface area contributed by atoms with Crippen molar-refractivity contribution in [1.82, 2.24) is 0 Å². The molecule has 0 aromatic carbocycles. The molecule has 2 fully saturated rings. The van der Waals surface area contributed by atoms with Crippen molar-refractivity contribution in [2.24, 2.45) is 23.2 Å². The van der Waals surface area contributed by atoms with Gasteiger partial charge in [-0.2, -0.15) is 0 Å². The van der Waals surface area contributed by atoms with Gasteiger partial charge in [-0.3, -0.25) is 4.79 Å². The highest BCUT2D eigenvalue weighted by Gasteiger charge is 2.37. The van der Waals surface area contributed by atoms with Crippen LogP contribution in [0.3, 0.4) is 0 Å². The molecule has 1 spiro atoms. The number of allylic oxidation sites excluding steroid dienone is 4. The minimum Gasteiger partial charge on any atom is -0.494 e. The molecule has 0 amide bonds. The van der Waals surface area contributed by atoms with E-state index >= 15 is 0 Å². The standard InChI is InChI=1S/C23H34O3/c1-2-19(15-22(24)25)20-8-10-21(11-9-20)26-17-18-7-6-14-23(16-18)12-4-3-5-13-23/h2,8,10-11,18-20H,1,3-7,9,12-17H2,(H,24,25). The van der Waals surface area contributed by atoms with Crippen LogP contribution in [0.2, 0.25) is 0 Å². The van der Waals surface area contributed by atoms with E-state index in [0.29, 0.717) is 11.3 Å². The van der Waals surface area contributed by atoms with E-state index in [1.807, 2.05) is 6.08 Å². The largest absolute Gasteiger partial charge is 0.494 e. The second kappa shape index (κ2) is 8.92. The second-order valence-electron chi connectivity index (χ2n) is 8.70. The van der Waals surface area contributed by atoms with E-state index in [1.165, 1.54) is 57.8 Å². The normalized spacial score (nSPS) is 29.0. The maximum absolute atomic E-state index is 11.0. The SMILES string of the molecule is C=CC(CC(=O)O)C1C=CC(OCC2CCCC3(CCCCC3)C2)=CC1. The summed E-state index contributed by atoms with van der Waals surface area (Å²) >= 11 is 0. The lowest BCUT2D eigenvalue weighted by Gasteiger charge is -2.43. The summed E-state index contributed by atoms with van der Waals surface area (Å²) in [6, 6.07) is 0. The first-order valence-electron chi connectivity index (χ1n) is 10.5. The molecule has 0 radical (unpaired) electrons. The van der Waals surface area contributed by atoms with E-state index in [0.717, 1.165) is 18.8 Å². The van der Waals surface area contributed by atoms with Crippen LogP contribution in [0.5, 0.6) is 0 Å². The first-order valence-corrected chi connectivity index (χ1v) is 10.5. The summed E-state index contributed by atoms with van der Waals surface area (Å²) in [5.74, 6) is 1.11. The molecule has 0 bridgehead atoms.